The molecule has 3 heterocycles. The first-order valence-electron chi connectivity index (χ1n) is 11.5. The number of pyridine rings is 2. The third-order valence-electron chi connectivity index (χ3n) is 5.89. The Labute approximate surface area is 224 Å². The average molecular weight is 546 g/mol. The van der Waals surface area contributed by atoms with Crippen LogP contribution in [0.5, 0.6) is 5.75 Å². The molecule has 0 fully saturated rings. The van der Waals surface area contributed by atoms with Crippen LogP contribution in [0.2, 0.25) is 0 Å². The molecule has 0 saturated heterocycles. The monoisotopic (exact) mass is 545 g/mol. The molecular formula is C28H18F3N5O2S. The number of fused-ring (bicyclic) bond motifs is 1. The number of ether oxygens (including phenoxy) is 1. The molecule has 5 rings (SSSR count). The first-order valence-corrected chi connectivity index (χ1v) is 12.3. The number of alkyl halides is 3. The van der Waals surface area contributed by atoms with Gasteiger partial charge in [0.15, 0.2) is 5.13 Å². The third kappa shape index (κ3) is 5.28. The molecule has 11 heteroatoms. The van der Waals surface area contributed by atoms with Gasteiger partial charge in [-0.1, -0.05) is 23.5 Å². The molecule has 0 radical (unpaired) electrons. The second kappa shape index (κ2) is 10.2. The maximum Gasteiger partial charge on any atom is 0.416 e. The second-order valence-electron chi connectivity index (χ2n) is 8.47. The van der Waals surface area contributed by atoms with Gasteiger partial charge in [0.25, 0.3) is 5.91 Å². The summed E-state index contributed by atoms with van der Waals surface area (Å²) in [7, 11) is 1.51. The van der Waals surface area contributed by atoms with E-state index >= 15 is 0 Å². The molecule has 5 aromatic rings. The van der Waals surface area contributed by atoms with Crippen LogP contribution in [0, 0.1) is 18.3 Å². The summed E-state index contributed by atoms with van der Waals surface area (Å²) in [5, 5.41) is 12.4. The number of thiazole rings is 1. The van der Waals surface area contributed by atoms with Crippen molar-refractivity contribution in [3.05, 3.63) is 89.2 Å². The molecule has 194 valence electrons. The molecule has 3 aromatic heterocycles. The van der Waals surface area contributed by atoms with E-state index < -0.39 is 17.6 Å². The molecular weight excluding hydrogens is 527 g/mol. The number of nitrogens with zero attached hydrogens (tertiary/aromatic N) is 4. The van der Waals surface area contributed by atoms with E-state index in [4.69, 9.17) is 4.74 Å². The highest BCUT2D eigenvalue weighted by Gasteiger charge is 2.30. The zero-order valence-electron chi connectivity index (χ0n) is 20.5. The summed E-state index contributed by atoms with van der Waals surface area (Å²) in [6, 6.07) is 16.9. The topological polar surface area (TPSA) is 101 Å². The van der Waals surface area contributed by atoms with Crippen LogP contribution in [0.4, 0.5) is 18.3 Å². The smallest absolute Gasteiger partial charge is 0.416 e. The lowest BCUT2D eigenvalue weighted by atomic mass is 9.97. The Morgan fingerprint density at radius 1 is 1.03 bits per heavy atom. The van der Waals surface area contributed by atoms with E-state index in [2.05, 4.69) is 26.3 Å². The van der Waals surface area contributed by atoms with Gasteiger partial charge < -0.3 is 4.74 Å². The molecule has 39 heavy (non-hydrogen) atoms. The molecule has 0 spiro atoms. The molecule has 0 aliphatic rings. The van der Waals surface area contributed by atoms with Crippen LogP contribution >= 0.6 is 11.3 Å². The number of aryl methyl sites for hydroxylation is 1. The van der Waals surface area contributed by atoms with Crippen molar-refractivity contribution in [2.75, 3.05) is 12.4 Å². The highest BCUT2D eigenvalue weighted by molar-refractivity contribution is 7.22. The summed E-state index contributed by atoms with van der Waals surface area (Å²) in [4.78, 5) is 27.1. The van der Waals surface area contributed by atoms with Crippen molar-refractivity contribution < 1.29 is 22.7 Å². The van der Waals surface area contributed by atoms with Gasteiger partial charge in [-0.25, -0.2) is 9.97 Å². The van der Waals surface area contributed by atoms with Crippen molar-refractivity contribution in [1.29, 1.82) is 5.26 Å². The number of aromatic nitrogens is 3. The highest BCUT2D eigenvalue weighted by Crippen LogP contribution is 2.35. The summed E-state index contributed by atoms with van der Waals surface area (Å²) in [5.41, 5.74) is 3.23. The first kappa shape index (κ1) is 25.8. The Morgan fingerprint density at radius 3 is 2.49 bits per heavy atom. The summed E-state index contributed by atoms with van der Waals surface area (Å²) in [6.07, 6.45) is -2.97. The van der Waals surface area contributed by atoms with Crippen LogP contribution in [-0.2, 0) is 6.18 Å². The van der Waals surface area contributed by atoms with Gasteiger partial charge >= 0.3 is 6.18 Å². The van der Waals surface area contributed by atoms with Gasteiger partial charge in [0.05, 0.1) is 35.6 Å². The van der Waals surface area contributed by atoms with Gasteiger partial charge in [-0.3, -0.25) is 15.1 Å². The van der Waals surface area contributed by atoms with Crippen LogP contribution < -0.4 is 10.1 Å². The molecule has 1 N–H and O–H groups in total. The van der Waals surface area contributed by atoms with Gasteiger partial charge in [0.2, 0.25) is 0 Å². The lowest BCUT2D eigenvalue weighted by molar-refractivity contribution is -0.137. The quantitative estimate of drug-likeness (QED) is 0.258. The average Bonchev–Trinajstić information content (AvgIpc) is 3.33. The number of amides is 1. The minimum absolute atomic E-state index is 0.256. The first-order chi connectivity index (χ1) is 18.7. The van der Waals surface area contributed by atoms with Crippen LogP contribution in [0.25, 0.3) is 32.7 Å². The van der Waals surface area contributed by atoms with Crippen LogP contribution in [0.1, 0.15) is 27.2 Å². The molecule has 1 amide bonds. The largest absolute Gasteiger partial charge is 0.496 e. The maximum absolute atomic E-state index is 13.3. The van der Waals surface area contributed by atoms with Gasteiger partial charge in [-0.2, -0.15) is 18.4 Å². The minimum atomic E-state index is -4.42. The van der Waals surface area contributed by atoms with E-state index in [1.807, 2.05) is 0 Å². The molecule has 0 unspecified atom stereocenters. The van der Waals surface area contributed by atoms with Crippen LogP contribution in [0.15, 0.2) is 66.9 Å². The summed E-state index contributed by atoms with van der Waals surface area (Å²) < 4.78 is 44.1. The number of hydrogen-bond acceptors (Lipinski definition) is 7. The number of benzene rings is 2. The minimum Gasteiger partial charge on any atom is -0.496 e. The fourth-order valence-electron chi connectivity index (χ4n) is 3.98. The zero-order chi connectivity index (χ0) is 27.7. The van der Waals surface area contributed by atoms with E-state index in [0.717, 1.165) is 23.5 Å². The Morgan fingerprint density at radius 2 is 1.79 bits per heavy atom. The number of nitrogens with one attached hydrogen (secondary N) is 1. The van der Waals surface area contributed by atoms with Crippen molar-refractivity contribution in [1.82, 2.24) is 15.0 Å². The molecule has 7 nitrogen and oxygen atoms in total. The Balaban J connectivity index is 1.45. The highest BCUT2D eigenvalue weighted by atomic mass is 32.1. The fourth-order valence-corrected chi connectivity index (χ4v) is 4.81. The predicted octanol–water partition coefficient (Wildman–Crippen LogP) is 6.88. The van der Waals surface area contributed by atoms with Crippen LogP contribution in [0.3, 0.4) is 0 Å². The second-order valence-corrected chi connectivity index (χ2v) is 9.44. The number of anilines is 1. The number of methoxy groups -OCH3 is 1. The maximum atomic E-state index is 13.3. The van der Waals surface area contributed by atoms with Gasteiger partial charge in [0.1, 0.15) is 16.1 Å². The van der Waals surface area contributed by atoms with Crippen molar-refractivity contribution >= 4 is 32.7 Å². The number of carbonyl (C=O) groups excluding carboxylic acids is 1. The Kier molecular flexibility index (Phi) is 6.72. The number of halogens is 3. The molecule has 2 aromatic carbocycles. The predicted molar refractivity (Wildman–Crippen MR) is 141 cm³/mol. The van der Waals surface area contributed by atoms with E-state index in [-0.39, 0.29) is 10.7 Å². The standard InChI is InChI=1S/C28H18F3N5O2S/c1-15-11-19(20-12-16(13-32)3-10-24(20)38-2)21(14-33-15)25(37)36-27-35-23-9-8-22(34-26(23)39-27)17-4-6-18(7-5-17)28(29,30)31/h3-12,14H,1-2H3,(H,35,36,37). The molecule has 0 saturated carbocycles. The SMILES string of the molecule is COc1ccc(C#N)cc1-c1cc(C)ncc1C(=O)Nc1nc2ccc(-c3ccc(C(F)(F)F)cc3)nc2s1. The molecule has 0 aliphatic carbocycles. The summed E-state index contributed by atoms with van der Waals surface area (Å²) >= 11 is 1.13. The lowest BCUT2D eigenvalue weighted by Crippen LogP contribution is -2.14. The summed E-state index contributed by atoms with van der Waals surface area (Å²) in [5.74, 6) is 0.0255. The molecule has 0 bridgehead atoms. The lowest BCUT2D eigenvalue weighted by Gasteiger charge is -2.13. The van der Waals surface area contributed by atoms with Crippen LogP contribution in [-0.4, -0.2) is 28.0 Å². The van der Waals surface area contributed by atoms with E-state index in [1.54, 1.807) is 43.3 Å². The van der Waals surface area contributed by atoms with E-state index in [0.29, 0.717) is 49.7 Å². The molecule has 0 atom stereocenters. The van der Waals surface area contributed by atoms with Crippen molar-refractivity contribution in [2.45, 2.75) is 13.1 Å². The molecule has 0 aliphatic heterocycles. The Hall–Kier alpha value is -4.82. The third-order valence-corrected chi connectivity index (χ3v) is 6.77. The van der Waals surface area contributed by atoms with Crippen molar-refractivity contribution in [3.8, 4) is 34.2 Å². The van der Waals surface area contributed by atoms with Crippen molar-refractivity contribution in [2.24, 2.45) is 0 Å². The summed E-state index contributed by atoms with van der Waals surface area (Å²) in [6.45, 7) is 1.79. The normalized spacial score (nSPS) is 11.3. The Bertz CT molecular complexity index is 1760. The number of nitriles is 1. The fraction of sp³-hybridized carbons (Fsp3) is 0.107. The van der Waals surface area contributed by atoms with Gasteiger partial charge in [-0.15, -0.1) is 0 Å². The number of hydrogen-bond donors (Lipinski definition) is 1. The van der Waals surface area contributed by atoms with Crippen molar-refractivity contribution in [3.63, 3.8) is 0 Å². The van der Waals surface area contributed by atoms with Gasteiger partial charge in [-0.05, 0) is 55.5 Å². The zero-order valence-corrected chi connectivity index (χ0v) is 21.3. The van der Waals surface area contributed by atoms with E-state index in [1.165, 1.54) is 25.4 Å². The van der Waals surface area contributed by atoms with Gasteiger partial charge in [0, 0.05) is 28.6 Å². The number of carbonyl (C=O) groups is 1. The number of rotatable bonds is 5. The van der Waals surface area contributed by atoms with E-state index in [9.17, 15) is 23.2 Å².